The second kappa shape index (κ2) is 8.40. The summed E-state index contributed by atoms with van der Waals surface area (Å²) in [6.45, 7) is -3.10. The van der Waals surface area contributed by atoms with Crippen molar-refractivity contribution in [2.75, 3.05) is 7.11 Å². The van der Waals surface area contributed by atoms with Crippen LogP contribution in [0.5, 0.6) is 11.5 Å². The first kappa shape index (κ1) is 19.6. The molecule has 0 aliphatic carbocycles. The number of aryl methyl sites for hydroxylation is 1. The summed E-state index contributed by atoms with van der Waals surface area (Å²) in [6, 6.07) is 10.9. The third-order valence-corrected chi connectivity index (χ3v) is 3.11. The third kappa shape index (κ3) is 5.31. The average molecular weight is 334 g/mol. The Labute approximate surface area is 170 Å². The Morgan fingerprint density at radius 1 is 1.05 bits per heavy atom. The van der Waals surface area contributed by atoms with Gasteiger partial charge in [0.05, 0.1) is 7.11 Å². The third-order valence-electron chi connectivity index (χ3n) is 3.11. The van der Waals surface area contributed by atoms with E-state index in [-0.39, 0.29) is 58.0 Å². The predicted molar refractivity (Wildman–Crippen MR) is 77.2 cm³/mol. The van der Waals surface area contributed by atoms with Crippen LogP contribution in [0.2, 0.25) is 0 Å². The van der Waals surface area contributed by atoms with Gasteiger partial charge in [0.2, 0.25) is 0 Å². The Hall–Kier alpha value is -0.469. The van der Waals surface area contributed by atoms with Crippen LogP contribution in [-0.4, -0.2) is 14.1 Å². The molecule has 0 spiro atoms. The first-order valence-electron chi connectivity index (χ1n) is 6.46. The molecule has 0 atom stereocenters. The van der Waals surface area contributed by atoms with Crippen molar-refractivity contribution in [2.45, 2.75) is 13.5 Å². The standard InChI is InChI=1S/C15H15BF3O2.K/c1-11-8-13(16(17,18)19)6-7-15(11)21-10-12-4-3-5-14(9-12)20-2;/h3-9H,10H2,1-2H3;/q-1;+1. The molecule has 0 aromatic heterocycles. The van der Waals surface area contributed by atoms with Gasteiger partial charge in [-0.3, -0.25) is 0 Å². The monoisotopic (exact) mass is 334 g/mol. The molecule has 112 valence electrons. The van der Waals surface area contributed by atoms with E-state index in [9.17, 15) is 12.9 Å². The normalized spacial score (nSPS) is 10.8. The largest absolute Gasteiger partial charge is 1.00 e. The van der Waals surface area contributed by atoms with Crippen molar-refractivity contribution in [3.63, 3.8) is 0 Å². The summed E-state index contributed by atoms with van der Waals surface area (Å²) >= 11 is 0. The molecule has 0 radical (unpaired) electrons. The Morgan fingerprint density at radius 3 is 2.36 bits per heavy atom. The van der Waals surface area contributed by atoms with E-state index < -0.39 is 12.4 Å². The fourth-order valence-corrected chi connectivity index (χ4v) is 1.96. The number of hydrogen-bond donors (Lipinski definition) is 0. The van der Waals surface area contributed by atoms with E-state index in [4.69, 9.17) is 9.47 Å². The maximum Gasteiger partial charge on any atom is 1.00 e. The van der Waals surface area contributed by atoms with Gasteiger partial charge in [-0.2, -0.15) is 0 Å². The van der Waals surface area contributed by atoms with Crippen LogP contribution in [0.3, 0.4) is 0 Å². The van der Waals surface area contributed by atoms with Crippen molar-refractivity contribution >= 4 is 12.4 Å². The Balaban J connectivity index is 0.00000242. The van der Waals surface area contributed by atoms with Crippen molar-refractivity contribution in [3.05, 3.63) is 53.6 Å². The van der Waals surface area contributed by atoms with Gasteiger partial charge in [0, 0.05) is 0 Å². The van der Waals surface area contributed by atoms with E-state index in [1.807, 2.05) is 24.3 Å². The molecular formula is C15H15BF3KO2. The second-order valence-electron chi connectivity index (χ2n) is 4.74. The summed E-state index contributed by atoms with van der Waals surface area (Å²) in [5.41, 5.74) is 0.744. The Kier molecular flexibility index (Phi) is 7.48. The van der Waals surface area contributed by atoms with Crippen molar-refractivity contribution in [1.29, 1.82) is 0 Å². The summed E-state index contributed by atoms with van der Waals surface area (Å²) in [6.07, 6.45) is 0. The molecule has 0 N–H and O–H groups in total. The van der Waals surface area contributed by atoms with Gasteiger partial charge in [0.15, 0.2) is 0 Å². The molecule has 2 aromatic rings. The van der Waals surface area contributed by atoms with Crippen LogP contribution in [0.25, 0.3) is 0 Å². The van der Waals surface area contributed by atoms with Gasteiger partial charge in [-0.05, 0) is 36.2 Å². The molecule has 2 nitrogen and oxygen atoms in total. The van der Waals surface area contributed by atoms with Crippen molar-refractivity contribution in [1.82, 2.24) is 0 Å². The average Bonchev–Trinajstić information content (AvgIpc) is 2.45. The molecule has 0 bridgehead atoms. The van der Waals surface area contributed by atoms with Gasteiger partial charge in [0.25, 0.3) is 0 Å². The van der Waals surface area contributed by atoms with Gasteiger partial charge >= 0.3 is 58.4 Å². The van der Waals surface area contributed by atoms with Gasteiger partial charge in [-0.15, -0.1) is 5.46 Å². The van der Waals surface area contributed by atoms with E-state index in [1.165, 1.54) is 6.07 Å². The van der Waals surface area contributed by atoms with E-state index >= 15 is 0 Å². The maximum atomic E-state index is 12.6. The molecule has 2 aromatic carbocycles. The van der Waals surface area contributed by atoms with Gasteiger partial charge in [-0.25, -0.2) is 0 Å². The van der Waals surface area contributed by atoms with E-state index in [1.54, 1.807) is 14.0 Å². The van der Waals surface area contributed by atoms with Gasteiger partial charge in [0.1, 0.15) is 18.1 Å². The Bertz CT molecular complexity index is 632. The molecule has 0 aliphatic rings. The van der Waals surface area contributed by atoms with Gasteiger partial charge in [-0.1, -0.05) is 24.3 Å². The Morgan fingerprint density at radius 2 is 1.77 bits per heavy atom. The minimum absolute atomic E-state index is 0. The minimum atomic E-state index is -4.98. The SMILES string of the molecule is COc1cccc(COc2ccc([B-](F)(F)F)cc2C)c1.[K+]. The molecule has 22 heavy (non-hydrogen) atoms. The topological polar surface area (TPSA) is 18.5 Å². The van der Waals surface area contributed by atoms with Gasteiger partial charge < -0.3 is 22.4 Å². The zero-order valence-electron chi connectivity index (χ0n) is 12.8. The summed E-state index contributed by atoms with van der Waals surface area (Å²) in [7, 11) is 1.57. The molecular weight excluding hydrogens is 319 g/mol. The molecule has 0 heterocycles. The van der Waals surface area contributed by atoms with Crippen LogP contribution >= 0.6 is 0 Å². The molecule has 0 saturated carbocycles. The van der Waals surface area contributed by atoms with Crippen molar-refractivity contribution in [3.8, 4) is 11.5 Å². The van der Waals surface area contributed by atoms with Crippen LogP contribution in [0.4, 0.5) is 12.9 Å². The minimum Gasteiger partial charge on any atom is -0.497 e. The summed E-state index contributed by atoms with van der Waals surface area (Å²) in [5, 5.41) is 0. The number of benzene rings is 2. The van der Waals surface area contributed by atoms with Crippen LogP contribution in [0.15, 0.2) is 42.5 Å². The van der Waals surface area contributed by atoms with Crippen LogP contribution in [-0.2, 0) is 6.61 Å². The van der Waals surface area contributed by atoms with Crippen LogP contribution in [0.1, 0.15) is 11.1 Å². The number of methoxy groups -OCH3 is 1. The maximum absolute atomic E-state index is 12.6. The fourth-order valence-electron chi connectivity index (χ4n) is 1.96. The number of rotatable bonds is 5. The zero-order valence-corrected chi connectivity index (χ0v) is 15.9. The number of hydrogen-bond acceptors (Lipinski definition) is 2. The van der Waals surface area contributed by atoms with Crippen LogP contribution < -0.4 is 66.3 Å². The zero-order chi connectivity index (χ0) is 15.5. The fraction of sp³-hybridized carbons (Fsp3) is 0.200. The molecule has 0 unspecified atom stereocenters. The second-order valence-corrected chi connectivity index (χ2v) is 4.74. The molecule has 2 rings (SSSR count). The number of ether oxygens (including phenoxy) is 2. The first-order chi connectivity index (χ1) is 9.90. The van der Waals surface area contributed by atoms with Crippen LogP contribution in [0, 0.1) is 6.92 Å². The molecule has 0 fully saturated rings. The summed E-state index contributed by atoms with van der Waals surface area (Å²) < 4.78 is 48.6. The molecule has 7 heteroatoms. The predicted octanol–water partition coefficient (Wildman–Crippen LogP) is 0.641. The van der Waals surface area contributed by atoms with E-state index in [0.29, 0.717) is 17.1 Å². The molecule has 0 amide bonds. The quantitative estimate of drug-likeness (QED) is 0.748. The van der Waals surface area contributed by atoms with E-state index in [0.717, 1.165) is 17.7 Å². The van der Waals surface area contributed by atoms with Crippen molar-refractivity contribution in [2.24, 2.45) is 0 Å². The number of halogens is 3. The molecule has 0 aliphatic heterocycles. The first-order valence-corrected chi connectivity index (χ1v) is 6.46. The smallest absolute Gasteiger partial charge is 0.497 e. The molecule has 0 saturated heterocycles. The van der Waals surface area contributed by atoms with Crippen molar-refractivity contribution < 1.29 is 73.8 Å². The summed E-state index contributed by atoms with van der Waals surface area (Å²) in [5.74, 6) is 1.16. The summed E-state index contributed by atoms with van der Waals surface area (Å²) in [4.78, 5) is 0. The van der Waals surface area contributed by atoms with E-state index in [2.05, 4.69) is 0 Å².